The molecule has 104 heavy (non-hydrogen) atoms. The number of rotatable bonds is 13. The largest absolute Gasteiger partial charge is 0.309 e. The van der Waals surface area contributed by atoms with Crippen LogP contribution < -0.4 is 9.80 Å². The Kier molecular flexibility index (Phi) is 14.3. The molecule has 0 saturated carbocycles. The first-order chi connectivity index (χ1) is 51.5. The van der Waals surface area contributed by atoms with E-state index < -0.39 is 0 Å². The second-order valence-electron chi connectivity index (χ2n) is 27.5. The van der Waals surface area contributed by atoms with Gasteiger partial charge in [-0.3, -0.25) is 9.88 Å². The molecule has 0 N–H and O–H groups in total. The first-order valence-electron chi connectivity index (χ1n) is 35.8. The van der Waals surface area contributed by atoms with Gasteiger partial charge in [0.1, 0.15) is 5.82 Å². The standard InChI is InChI=1S/C100H66N4/c1-63-24-15-18-40-88(63)103(75-33-23-58-101-62-75)73-49-44-65(45-50-73)76-55-57-86-96-79(76)37-22-39-84(96)98-94(70-31-13-6-14-32-70)87-60-71(48-53-82(87)93(100(86)98)69-29-11-5-12-30-69)72-43-42-64(2)89(61-72)104(90-41-19-20-59-102-90)74-51-46-66(47-52-74)77-54-56-85-95-78(77)36-21-38-83(95)97-91(67-25-7-3-8-26-67)80-34-16-17-35-81(80)92(99(85)97)68-27-9-4-10-28-68/h3-62H,1-2H3. The molecule has 0 radical (unpaired) electrons. The van der Waals surface area contributed by atoms with Crippen LogP contribution in [-0.2, 0) is 0 Å². The van der Waals surface area contributed by atoms with E-state index in [1.54, 1.807) is 0 Å². The Balaban J connectivity index is 0.709. The van der Waals surface area contributed by atoms with Gasteiger partial charge in [0, 0.05) is 29.5 Å². The normalized spacial score (nSPS) is 11.8. The van der Waals surface area contributed by atoms with Crippen LogP contribution >= 0.6 is 0 Å². The number of hydrogen-bond acceptors (Lipinski definition) is 4. The van der Waals surface area contributed by atoms with E-state index in [-0.39, 0.29) is 0 Å². The van der Waals surface area contributed by atoms with Crippen molar-refractivity contribution < 1.29 is 0 Å². The lowest BCUT2D eigenvalue weighted by molar-refractivity contribution is 1.17. The summed E-state index contributed by atoms with van der Waals surface area (Å²) >= 11 is 0. The lowest BCUT2D eigenvalue weighted by Gasteiger charge is -2.27. The van der Waals surface area contributed by atoms with Crippen molar-refractivity contribution in [3.05, 3.63) is 376 Å². The number of nitrogens with zero attached hydrogens (tertiary/aromatic N) is 4. The van der Waals surface area contributed by atoms with Crippen molar-refractivity contribution in [2.45, 2.75) is 13.8 Å². The van der Waals surface area contributed by atoms with Crippen molar-refractivity contribution in [1.29, 1.82) is 0 Å². The number of benzene rings is 16. The molecule has 4 nitrogen and oxygen atoms in total. The van der Waals surface area contributed by atoms with E-state index in [1.807, 2.05) is 30.7 Å². The first-order valence-corrected chi connectivity index (χ1v) is 35.8. The zero-order valence-corrected chi connectivity index (χ0v) is 57.4. The molecule has 0 aliphatic heterocycles. The number of hydrogen-bond donors (Lipinski definition) is 0. The Morgan fingerprint density at radius 3 is 1.13 bits per heavy atom. The number of fused-ring (bicyclic) bond motifs is 8. The molecule has 20 rings (SSSR count). The predicted molar refractivity (Wildman–Crippen MR) is 438 cm³/mol. The summed E-state index contributed by atoms with van der Waals surface area (Å²) in [4.78, 5) is 14.3. The molecule has 0 spiro atoms. The van der Waals surface area contributed by atoms with Gasteiger partial charge in [0.25, 0.3) is 0 Å². The molecule has 0 fully saturated rings. The lowest BCUT2D eigenvalue weighted by atomic mass is 9.81. The van der Waals surface area contributed by atoms with Crippen molar-refractivity contribution >= 4 is 77.3 Å². The van der Waals surface area contributed by atoms with Crippen LogP contribution in [0.15, 0.2) is 364 Å². The van der Waals surface area contributed by atoms with Crippen molar-refractivity contribution in [2.24, 2.45) is 0 Å². The summed E-state index contributed by atoms with van der Waals surface area (Å²) in [5, 5.41) is 9.96. The Labute approximate surface area is 605 Å². The van der Waals surface area contributed by atoms with Crippen LogP contribution in [0.2, 0.25) is 0 Å². The summed E-state index contributed by atoms with van der Waals surface area (Å²) in [6, 6.07) is 128. The third-order valence-electron chi connectivity index (χ3n) is 21.7. The van der Waals surface area contributed by atoms with E-state index in [2.05, 4.69) is 362 Å². The van der Waals surface area contributed by atoms with Gasteiger partial charge in [0.2, 0.25) is 0 Å². The fourth-order valence-corrected chi connectivity index (χ4v) is 17.2. The van der Waals surface area contributed by atoms with Gasteiger partial charge in [0.15, 0.2) is 0 Å². The highest BCUT2D eigenvalue weighted by atomic mass is 15.2. The summed E-state index contributed by atoms with van der Waals surface area (Å²) < 4.78 is 0. The van der Waals surface area contributed by atoms with Crippen molar-refractivity contribution in [3.63, 3.8) is 0 Å². The zero-order chi connectivity index (χ0) is 68.9. The van der Waals surface area contributed by atoms with Gasteiger partial charge in [-0.2, -0.15) is 0 Å². The molecule has 2 heterocycles. The number of aryl methyl sites for hydroxylation is 2. The van der Waals surface area contributed by atoms with Crippen LogP contribution in [0.1, 0.15) is 11.1 Å². The highest BCUT2D eigenvalue weighted by molar-refractivity contribution is 6.31. The minimum Gasteiger partial charge on any atom is -0.309 e. The molecule has 2 aliphatic rings. The summed E-state index contributed by atoms with van der Waals surface area (Å²) in [7, 11) is 0. The van der Waals surface area contributed by atoms with E-state index in [0.717, 1.165) is 62.1 Å². The molecular weight excluding hydrogens is 1260 g/mol. The average molecular weight is 1320 g/mol. The maximum atomic E-state index is 5.09. The monoisotopic (exact) mass is 1320 g/mol. The molecule has 0 bridgehead atoms. The maximum absolute atomic E-state index is 5.09. The van der Waals surface area contributed by atoms with E-state index in [1.165, 1.54) is 149 Å². The Bertz CT molecular complexity index is 6340. The van der Waals surface area contributed by atoms with Gasteiger partial charge in [-0.15, -0.1) is 0 Å². The van der Waals surface area contributed by atoms with Crippen LogP contribution in [0.25, 0.3) is 165 Å². The number of anilines is 6. The van der Waals surface area contributed by atoms with Crippen molar-refractivity contribution in [2.75, 3.05) is 9.80 Å². The minimum atomic E-state index is 0.840. The van der Waals surface area contributed by atoms with Crippen LogP contribution in [0, 0.1) is 13.8 Å². The maximum Gasteiger partial charge on any atom is 0.137 e. The third kappa shape index (κ3) is 9.67. The number of aromatic nitrogens is 2. The smallest absolute Gasteiger partial charge is 0.137 e. The summed E-state index contributed by atoms with van der Waals surface area (Å²) in [6.45, 7) is 4.39. The molecule has 486 valence electrons. The highest BCUT2D eigenvalue weighted by Gasteiger charge is 2.34. The quantitative estimate of drug-likeness (QED) is 0.115. The van der Waals surface area contributed by atoms with Gasteiger partial charge >= 0.3 is 0 Å². The van der Waals surface area contributed by atoms with Crippen LogP contribution in [0.5, 0.6) is 0 Å². The second kappa shape index (κ2) is 24.7. The van der Waals surface area contributed by atoms with Gasteiger partial charge in [0.05, 0.1) is 17.6 Å². The molecule has 2 aliphatic carbocycles. The lowest BCUT2D eigenvalue weighted by Crippen LogP contribution is -2.12. The molecule has 0 unspecified atom stereocenters. The van der Waals surface area contributed by atoms with Gasteiger partial charge in [-0.05, 0) is 257 Å². The Hall–Kier alpha value is -13.5. The zero-order valence-electron chi connectivity index (χ0n) is 57.4. The van der Waals surface area contributed by atoms with E-state index >= 15 is 0 Å². The van der Waals surface area contributed by atoms with Crippen LogP contribution in [0.3, 0.4) is 0 Å². The summed E-state index contributed by atoms with van der Waals surface area (Å²) in [6.07, 6.45) is 5.67. The molecule has 2 aromatic heterocycles. The van der Waals surface area contributed by atoms with Crippen LogP contribution in [-0.4, -0.2) is 9.97 Å². The topological polar surface area (TPSA) is 32.3 Å². The van der Waals surface area contributed by atoms with Crippen LogP contribution in [0.4, 0.5) is 34.3 Å². The second-order valence-corrected chi connectivity index (χ2v) is 27.5. The van der Waals surface area contributed by atoms with Gasteiger partial charge in [-0.25, -0.2) is 4.98 Å². The number of para-hydroxylation sites is 1. The minimum absolute atomic E-state index is 0.840. The fourth-order valence-electron chi connectivity index (χ4n) is 17.2. The third-order valence-corrected chi connectivity index (χ3v) is 21.7. The Morgan fingerprint density at radius 2 is 0.635 bits per heavy atom. The number of pyridine rings is 2. The van der Waals surface area contributed by atoms with E-state index in [0.29, 0.717) is 0 Å². The SMILES string of the molecule is Cc1ccccc1N(c1ccc(-c2ccc3c4c(cccc24)-c2c-3c(-c3ccccc3)c3ccc(-c4ccc(C)c(N(c5ccc(-c6ccc7c8c(cccc68)-c6c-7c(-c7ccccc7)c7ccccc7c6-c6ccccc6)cc5)c5ccccn5)c4)cc3c2-c2ccccc2)cc1)c1cccnc1. The molecule has 18 aromatic rings. The van der Waals surface area contributed by atoms with E-state index in [9.17, 15) is 0 Å². The molecule has 16 aromatic carbocycles. The molecule has 0 saturated heterocycles. The average Bonchev–Trinajstić information content (AvgIpc) is 1.61. The first kappa shape index (κ1) is 60.4. The van der Waals surface area contributed by atoms with Crippen molar-refractivity contribution in [1.82, 2.24) is 9.97 Å². The molecular formula is C100H66N4. The molecule has 0 atom stereocenters. The Morgan fingerprint density at radius 1 is 0.221 bits per heavy atom. The molecule has 4 heteroatoms. The van der Waals surface area contributed by atoms with Gasteiger partial charge < -0.3 is 4.90 Å². The van der Waals surface area contributed by atoms with Crippen molar-refractivity contribution in [3.8, 4) is 122 Å². The summed E-state index contributed by atoms with van der Waals surface area (Å²) in [5.74, 6) is 0.840. The fraction of sp³-hybridized carbons (Fsp3) is 0.0200. The summed E-state index contributed by atoms with van der Waals surface area (Å²) in [5.41, 5.74) is 34.5. The van der Waals surface area contributed by atoms with Gasteiger partial charge in [-0.1, -0.05) is 279 Å². The van der Waals surface area contributed by atoms with E-state index in [4.69, 9.17) is 4.98 Å². The predicted octanol–water partition coefficient (Wildman–Crippen LogP) is 27.6. The molecule has 0 amide bonds. The highest BCUT2D eigenvalue weighted by Crippen LogP contribution is 2.61.